The number of carbonyl (C=O) groups excluding carboxylic acids is 5. The van der Waals surface area contributed by atoms with Crippen LogP contribution < -0.4 is 4.74 Å². The van der Waals surface area contributed by atoms with Gasteiger partial charge >= 0.3 is 17.9 Å². The number of benzene rings is 1. The summed E-state index contributed by atoms with van der Waals surface area (Å²) in [5, 5.41) is 0. The zero-order valence-corrected chi connectivity index (χ0v) is 21.2. The quantitative estimate of drug-likeness (QED) is 0.341. The van der Waals surface area contributed by atoms with E-state index in [1.165, 1.54) is 21.1 Å². The molecule has 7 atom stereocenters. The summed E-state index contributed by atoms with van der Waals surface area (Å²) in [5.41, 5.74) is -1.51. The van der Waals surface area contributed by atoms with Crippen LogP contribution in [-0.4, -0.2) is 55.9 Å². The van der Waals surface area contributed by atoms with Crippen molar-refractivity contribution in [3.8, 4) is 5.75 Å². The van der Waals surface area contributed by atoms with Crippen molar-refractivity contribution >= 4 is 29.5 Å². The SMILES string of the molecule is COC(=O)[C@@H]1C[C@H](OC(C)=O)C(=O)[C@H]2[C@@]1(C)CC[C@H]1C(=O)O[C@H](C(=O)c3cccc(OC)c3)C[C@]21C. The monoisotopic (exact) mass is 500 g/mol. The van der Waals surface area contributed by atoms with Crippen LogP contribution in [-0.2, 0) is 33.4 Å². The molecule has 1 aromatic rings. The zero-order valence-electron chi connectivity index (χ0n) is 21.2. The van der Waals surface area contributed by atoms with E-state index in [2.05, 4.69) is 0 Å². The summed E-state index contributed by atoms with van der Waals surface area (Å²) in [5.74, 6) is -4.06. The largest absolute Gasteiger partial charge is 0.497 e. The minimum Gasteiger partial charge on any atom is -0.497 e. The van der Waals surface area contributed by atoms with Gasteiger partial charge in [0, 0.05) is 24.8 Å². The Morgan fingerprint density at radius 2 is 1.81 bits per heavy atom. The van der Waals surface area contributed by atoms with Gasteiger partial charge in [0.1, 0.15) is 5.75 Å². The number of fused-ring (bicyclic) bond motifs is 3. The maximum Gasteiger partial charge on any atom is 0.310 e. The number of hydrogen-bond acceptors (Lipinski definition) is 9. The predicted molar refractivity (Wildman–Crippen MR) is 125 cm³/mol. The van der Waals surface area contributed by atoms with Crippen LogP contribution in [0.3, 0.4) is 0 Å². The summed E-state index contributed by atoms with van der Waals surface area (Å²) >= 11 is 0. The smallest absolute Gasteiger partial charge is 0.310 e. The van der Waals surface area contributed by atoms with Crippen molar-refractivity contribution in [1.82, 2.24) is 0 Å². The Labute approximate surface area is 209 Å². The summed E-state index contributed by atoms with van der Waals surface area (Å²) in [4.78, 5) is 65.2. The van der Waals surface area contributed by atoms with E-state index in [4.69, 9.17) is 18.9 Å². The molecule has 1 aliphatic heterocycles. The zero-order chi connectivity index (χ0) is 26.4. The third kappa shape index (κ3) is 4.08. The van der Waals surface area contributed by atoms with E-state index < -0.39 is 64.5 Å². The topological polar surface area (TPSA) is 122 Å². The molecule has 36 heavy (non-hydrogen) atoms. The fourth-order valence-electron chi connectivity index (χ4n) is 6.93. The molecule has 0 aromatic heterocycles. The van der Waals surface area contributed by atoms with E-state index in [1.54, 1.807) is 24.3 Å². The Bertz CT molecular complexity index is 1110. The molecule has 3 aliphatic rings. The van der Waals surface area contributed by atoms with E-state index in [9.17, 15) is 24.0 Å². The number of carbonyl (C=O) groups is 5. The number of ketones is 2. The standard InChI is InChI=1S/C27H32O9/c1-14(28)35-19-12-18(24(31)34-5)26(2)10-9-17-25(32)36-20(13-27(17,3)23(26)22(19)30)21(29)15-7-6-8-16(11-15)33-4/h6-8,11,17-20,23H,9-10,12-13H2,1-5H3/t17-,18-,19-,20-,23-,26-,27-/m0/s1. The Kier molecular flexibility index (Phi) is 6.70. The van der Waals surface area contributed by atoms with Gasteiger partial charge < -0.3 is 18.9 Å². The lowest BCUT2D eigenvalue weighted by molar-refractivity contribution is -0.206. The van der Waals surface area contributed by atoms with E-state index in [1.807, 2.05) is 13.8 Å². The summed E-state index contributed by atoms with van der Waals surface area (Å²) in [7, 11) is 2.77. The maximum atomic E-state index is 13.9. The summed E-state index contributed by atoms with van der Waals surface area (Å²) in [6.07, 6.45) is -1.29. The first-order valence-electron chi connectivity index (χ1n) is 12.1. The highest BCUT2D eigenvalue weighted by Gasteiger charge is 2.68. The Hall–Kier alpha value is -3.23. The molecule has 0 amide bonds. The van der Waals surface area contributed by atoms with Crippen LogP contribution in [0.4, 0.5) is 0 Å². The lowest BCUT2D eigenvalue weighted by Gasteiger charge is -2.60. The molecule has 2 saturated carbocycles. The molecular weight excluding hydrogens is 468 g/mol. The van der Waals surface area contributed by atoms with E-state index in [-0.39, 0.29) is 18.6 Å². The molecule has 0 bridgehead atoms. The lowest BCUT2D eigenvalue weighted by atomic mass is 9.43. The van der Waals surface area contributed by atoms with Gasteiger partial charge in [0.15, 0.2) is 18.0 Å². The van der Waals surface area contributed by atoms with Gasteiger partial charge in [-0.2, -0.15) is 0 Å². The molecule has 194 valence electrons. The Morgan fingerprint density at radius 1 is 1.08 bits per heavy atom. The van der Waals surface area contributed by atoms with Crippen LogP contribution >= 0.6 is 0 Å². The molecule has 1 saturated heterocycles. The van der Waals surface area contributed by atoms with Crippen molar-refractivity contribution in [3.63, 3.8) is 0 Å². The Balaban J connectivity index is 1.76. The number of esters is 3. The second kappa shape index (κ2) is 9.33. The first kappa shape index (κ1) is 25.9. The normalized spacial score (nSPS) is 35.5. The molecule has 9 nitrogen and oxygen atoms in total. The van der Waals surface area contributed by atoms with E-state index >= 15 is 0 Å². The van der Waals surface area contributed by atoms with Gasteiger partial charge in [-0.3, -0.25) is 24.0 Å². The molecule has 3 fully saturated rings. The van der Waals surface area contributed by atoms with E-state index in [0.717, 1.165) is 0 Å². The molecule has 2 aliphatic carbocycles. The van der Waals surface area contributed by atoms with Gasteiger partial charge in [-0.25, -0.2) is 0 Å². The van der Waals surface area contributed by atoms with Gasteiger partial charge in [0.2, 0.25) is 5.78 Å². The fourth-order valence-corrected chi connectivity index (χ4v) is 6.93. The van der Waals surface area contributed by atoms with Gasteiger partial charge in [-0.15, -0.1) is 0 Å². The van der Waals surface area contributed by atoms with Crippen molar-refractivity contribution in [2.24, 2.45) is 28.6 Å². The number of cyclic esters (lactones) is 1. The summed E-state index contributed by atoms with van der Waals surface area (Å²) in [6, 6.07) is 6.57. The van der Waals surface area contributed by atoms with Crippen LogP contribution in [0.1, 0.15) is 56.8 Å². The highest BCUT2D eigenvalue weighted by Crippen LogP contribution is 2.64. The molecule has 0 unspecified atom stereocenters. The van der Waals surface area contributed by atoms with Crippen molar-refractivity contribution in [2.45, 2.75) is 58.7 Å². The van der Waals surface area contributed by atoms with Crippen LogP contribution in [0.15, 0.2) is 24.3 Å². The van der Waals surface area contributed by atoms with Crippen LogP contribution in [0.5, 0.6) is 5.75 Å². The summed E-state index contributed by atoms with van der Waals surface area (Å²) in [6.45, 7) is 4.89. The van der Waals surface area contributed by atoms with Crippen LogP contribution in [0.2, 0.25) is 0 Å². The molecule has 4 rings (SSSR count). The second-order valence-corrected chi connectivity index (χ2v) is 10.6. The van der Waals surface area contributed by atoms with Crippen molar-refractivity contribution in [3.05, 3.63) is 29.8 Å². The van der Waals surface area contributed by atoms with Crippen LogP contribution in [0, 0.1) is 28.6 Å². The average Bonchev–Trinajstić information content (AvgIpc) is 2.83. The molecule has 0 radical (unpaired) electrons. The molecule has 0 spiro atoms. The molecule has 9 heteroatoms. The number of rotatable bonds is 5. The summed E-state index contributed by atoms with van der Waals surface area (Å²) < 4.78 is 21.3. The molecular formula is C27H32O9. The van der Waals surface area contributed by atoms with Crippen LogP contribution in [0.25, 0.3) is 0 Å². The number of ether oxygens (including phenoxy) is 4. The van der Waals surface area contributed by atoms with Crippen molar-refractivity contribution < 1.29 is 42.9 Å². The highest BCUT2D eigenvalue weighted by molar-refractivity contribution is 6.02. The number of methoxy groups -OCH3 is 2. The second-order valence-electron chi connectivity index (χ2n) is 10.6. The third-order valence-corrected chi connectivity index (χ3v) is 8.54. The highest BCUT2D eigenvalue weighted by atomic mass is 16.6. The van der Waals surface area contributed by atoms with Gasteiger partial charge in [-0.05, 0) is 42.2 Å². The molecule has 0 N–H and O–H groups in total. The number of hydrogen-bond donors (Lipinski definition) is 0. The van der Waals surface area contributed by atoms with E-state index in [0.29, 0.717) is 24.2 Å². The lowest BCUT2D eigenvalue weighted by Crippen LogP contribution is -2.65. The Morgan fingerprint density at radius 3 is 2.44 bits per heavy atom. The predicted octanol–water partition coefficient (Wildman–Crippen LogP) is 2.93. The minimum absolute atomic E-state index is 0.0233. The first-order valence-corrected chi connectivity index (χ1v) is 12.1. The van der Waals surface area contributed by atoms with Gasteiger partial charge in [0.05, 0.1) is 26.1 Å². The fraction of sp³-hybridized carbons (Fsp3) is 0.593. The maximum absolute atomic E-state index is 13.9. The molecule has 1 aromatic carbocycles. The molecule has 1 heterocycles. The average molecular weight is 501 g/mol. The number of Topliss-reactive ketones (excluding diaryl/α,β-unsaturated/α-hetero) is 2. The minimum atomic E-state index is -1.13. The van der Waals surface area contributed by atoms with Gasteiger partial charge in [-0.1, -0.05) is 26.0 Å². The first-order chi connectivity index (χ1) is 17.0. The van der Waals surface area contributed by atoms with Crippen molar-refractivity contribution in [1.29, 1.82) is 0 Å². The third-order valence-electron chi connectivity index (χ3n) is 8.54. The van der Waals surface area contributed by atoms with Gasteiger partial charge in [0.25, 0.3) is 0 Å². The van der Waals surface area contributed by atoms with Crippen molar-refractivity contribution in [2.75, 3.05) is 14.2 Å².